The summed E-state index contributed by atoms with van der Waals surface area (Å²) in [4.78, 5) is 39.2. The minimum absolute atomic E-state index is 0.168. The van der Waals surface area contributed by atoms with E-state index in [0.29, 0.717) is 23.2 Å². The molecule has 1 unspecified atom stereocenters. The number of nitrogens with one attached hydrogen (secondary N) is 1. The van der Waals surface area contributed by atoms with Crippen LogP contribution in [-0.2, 0) is 0 Å². The molecule has 1 aliphatic rings. The number of amides is 1. The summed E-state index contributed by atoms with van der Waals surface area (Å²) < 4.78 is 5.44. The van der Waals surface area contributed by atoms with Crippen LogP contribution in [0.3, 0.4) is 0 Å². The second kappa shape index (κ2) is 9.43. The molecule has 194 valence electrons. The number of hydrazone groups is 1. The number of H-pyrrole nitrogens is 1. The molecule has 0 aliphatic carbocycles. The molecule has 1 aliphatic heterocycles. The molecule has 0 radical (unpaired) electrons. The molecule has 0 saturated heterocycles. The molecule has 3 aromatic carbocycles. The zero-order valence-electron chi connectivity index (χ0n) is 21.5. The standard InChI is InChI=1S/C32H23N5O3/c1-19-9-11-23-22(16-19)29(20-6-3-2-4-7-20)30(31(38)35-23)26-18-27(37(36-26)32(39)28-8-5-15-40-28)21-10-12-24-25(17-21)34-14-13-33-24/h2-17,27H,18H2,1H3,(H,35,38). The van der Waals surface area contributed by atoms with E-state index in [-0.39, 0.29) is 11.3 Å². The first kappa shape index (κ1) is 23.7. The second-order valence-corrected chi connectivity index (χ2v) is 9.82. The Bertz CT molecular complexity index is 2000. The average molecular weight is 526 g/mol. The zero-order valence-corrected chi connectivity index (χ0v) is 21.5. The van der Waals surface area contributed by atoms with Gasteiger partial charge in [-0.05, 0) is 54.4 Å². The van der Waals surface area contributed by atoms with E-state index in [0.717, 1.165) is 38.7 Å². The van der Waals surface area contributed by atoms with Gasteiger partial charge in [-0.15, -0.1) is 0 Å². The third-order valence-electron chi connectivity index (χ3n) is 7.25. The number of aromatic nitrogens is 3. The Morgan fingerprint density at radius 3 is 2.55 bits per heavy atom. The van der Waals surface area contributed by atoms with Gasteiger partial charge in [0.2, 0.25) is 0 Å². The fourth-order valence-electron chi connectivity index (χ4n) is 5.40. The van der Waals surface area contributed by atoms with Gasteiger partial charge in [-0.1, -0.05) is 48.0 Å². The lowest BCUT2D eigenvalue weighted by atomic mass is 9.90. The van der Waals surface area contributed by atoms with Crippen molar-refractivity contribution in [1.29, 1.82) is 0 Å². The number of pyridine rings is 1. The van der Waals surface area contributed by atoms with Crippen LogP contribution in [0.1, 0.15) is 39.7 Å². The Labute approximate surface area is 228 Å². The Morgan fingerprint density at radius 2 is 1.75 bits per heavy atom. The average Bonchev–Trinajstić information content (AvgIpc) is 3.68. The fraction of sp³-hybridized carbons (Fsp3) is 0.0938. The predicted molar refractivity (Wildman–Crippen MR) is 153 cm³/mol. The number of fused-ring (bicyclic) bond motifs is 2. The van der Waals surface area contributed by atoms with E-state index in [9.17, 15) is 9.59 Å². The molecule has 3 aromatic heterocycles. The van der Waals surface area contributed by atoms with Crippen molar-refractivity contribution >= 4 is 33.6 Å². The number of furan rings is 1. The summed E-state index contributed by atoms with van der Waals surface area (Å²) in [5, 5.41) is 7.14. The van der Waals surface area contributed by atoms with Crippen LogP contribution in [0.2, 0.25) is 0 Å². The molecule has 40 heavy (non-hydrogen) atoms. The number of hydrogen-bond donors (Lipinski definition) is 1. The largest absolute Gasteiger partial charge is 0.459 e. The highest BCUT2D eigenvalue weighted by Gasteiger charge is 2.37. The fourth-order valence-corrected chi connectivity index (χ4v) is 5.40. The molecule has 1 N–H and O–H groups in total. The van der Waals surface area contributed by atoms with Crippen molar-refractivity contribution in [3.05, 3.63) is 130 Å². The Hall–Kier alpha value is -5.37. The Kier molecular flexibility index (Phi) is 5.59. The summed E-state index contributed by atoms with van der Waals surface area (Å²) in [5.41, 5.74) is 6.51. The monoisotopic (exact) mass is 525 g/mol. The van der Waals surface area contributed by atoms with Gasteiger partial charge < -0.3 is 9.40 Å². The number of aryl methyl sites for hydroxylation is 1. The normalized spacial score (nSPS) is 15.1. The maximum absolute atomic E-state index is 13.7. The van der Waals surface area contributed by atoms with Gasteiger partial charge in [-0.25, -0.2) is 5.01 Å². The van der Waals surface area contributed by atoms with E-state index in [2.05, 4.69) is 21.0 Å². The highest BCUT2D eigenvalue weighted by molar-refractivity contribution is 6.13. The van der Waals surface area contributed by atoms with Crippen molar-refractivity contribution in [2.75, 3.05) is 0 Å². The maximum atomic E-state index is 13.7. The number of carbonyl (C=O) groups is 1. The number of hydrogen-bond acceptors (Lipinski definition) is 6. The topological polar surface area (TPSA) is 104 Å². The molecular formula is C32H23N5O3. The Balaban J connectivity index is 1.44. The molecular weight excluding hydrogens is 502 g/mol. The molecule has 1 atom stereocenters. The van der Waals surface area contributed by atoms with E-state index in [1.54, 1.807) is 24.5 Å². The SMILES string of the molecule is Cc1ccc2[nH]c(=O)c(C3=NN(C(=O)c4ccco4)C(c4ccc5nccnc5c4)C3)c(-c3ccccc3)c2c1. The summed E-state index contributed by atoms with van der Waals surface area (Å²) in [6.45, 7) is 2.02. The van der Waals surface area contributed by atoms with E-state index in [1.165, 1.54) is 11.3 Å². The number of rotatable bonds is 4. The van der Waals surface area contributed by atoms with Gasteiger partial charge in [-0.3, -0.25) is 19.6 Å². The highest BCUT2D eigenvalue weighted by atomic mass is 16.3. The number of aromatic amines is 1. The van der Waals surface area contributed by atoms with Crippen LogP contribution in [0, 0.1) is 6.92 Å². The maximum Gasteiger partial charge on any atom is 0.310 e. The number of benzene rings is 3. The van der Waals surface area contributed by atoms with Gasteiger partial charge in [0, 0.05) is 35.3 Å². The van der Waals surface area contributed by atoms with Crippen molar-refractivity contribution in [2.45, 2.75) is 19.4 Å². The quantitative estimate of drug-likeness (QED) is 0.303. The summed E-state index contributed by atoms with van der Waals surface area (Å²) in [5.74, 6) is -0.222. The van der Waals surface area contributed by atoms with Crippen LogP contribution in [0.15, 0.2) is 112 Å². The lowest BCUT2D eigenvalue weighted by molar-refractivity contribution is 0.0678. The van der Waals surface area contributed by atoms with Crippen molar-refractivity contribution in [2.24, 2.45) is 5.10 Å². The third-order valence-corrected chi connectivity index (χ3v) is 7.25. The first-order chi connectivity index (χ1) is 19.6. The van der Waals surface area contributed by atoms with Gasteiger partial charge in [-0.2, -0.15) is 5.10 Å². The molecule has 0 fully saturated rings. The minimum Gasteiger partial charge on any atom is -0.459 e. The van der Waals surface area contributed by atoms with Crippen molar-refractivity contribution in [1.82, 2.24) is 20.0 Å². The van der Waals surface area contributed by atoms with Gasteiger partial charge >= 0.3 is 5.91 Å². The summed E-state index contributed by atoms with van der Waals surface area (Å²) in [6, 6.07) is 24.3. The van der Waals surface area contributed by atoms with Crippen LogP contribution in [0.4, 0.5) is 0 Å². The molecule has 1 amide bonds. The molecule has 0 spiro atoms. The van der Waals surface area contributed by atoms with Gasteiger partial charge in [0.1, 0.15) is 0 Å². The van der Waals surface area contributed by atoms with Crippen LogP contribution >= 0.6 is 0 Å². The molecule has 4 heterocycles. The van der Waals surface area contributed by atoms with E-state index < -0.39 is 11.9 Å². The van der Waals surface area contributed by atoms with Gasteiger partial charge in [0.25, 0.3) is 5.56 Å². The van der Waals surface area contributed by atoms with Crippen LogP contribution in [-0.4, -0.2) is 31.6 Å². The molecule has 8 heteroatoms. The van der Waals surface area contributed by atoms with Crippen LogP contribution < -0.4 is 5.56 Å². The predicted octanol–water partition coefficient (Wildman–Crippen LogP) is 6.03. The Morgan fingerprint density at radius 1 is 0.925 bits per heavy atom. The first-order valence-electron chi connectivity index (χ1n) is 12.9. The summed E-state index contributed by atoms with van der Waals surface area (Å²) in [6.07, 6.45) is 5.07. The van der Waals surface area contributed by atoms with Gasteiger partial charge in [0.15, 0.2) is 5.76 Å². The van der Waals surface area contributed by atoms with E-state index >= 15 is 0 Å². The van der Waals surface area contributed by atoms with Crippen molar-refractivity contribution in [3.8, 4) is 11.1 Å². The molecule has 6 aromatic rings. The van der Waals surface area contributed by atoms with Crippen LogP contribution in [0.5, 0.6) is 0 Å². The number of carbonyl (C=O) groups excluding carboxylic acids is 1. The van der Waals surface area contributed by atoms with E-state index in [4.69, 9.17) is 9.52 Å². The summed E-state index contributed by atoms with van der Waals surface area (Å²) in [7, 11) is 0. The lowest BCUT2D eigenvalue weighted by Crippen LogP contribution is -2.26. The third kappa shape index (κ3) is 3.97. The van der Waals surface area contributed by atoms with Gasteiger partial charge in [0.05, 0.1) is 34.6 Å². The zero-order chi connectivity index (χ0) is 27.2. The molecule has 7 rings (SSSR count). The van der Waals surface area contributed by atoms with Crippen molar-refractivity contribution < 1.29 is 9.21 Å². The second-order valence-electron chi connectivity index (χ2n) is 9.82. The van der Waals surface area contributed by atoms with Crippen molar-refractivity contribution in [3.63, 3.8) is 0 Å². The van der Waals surface area contributed by atoms with E-state index in [1.807, 2.05) is 67.6 Å². The number of nitrogens with zero attached hydrogens (tertiary/aromatic N) is 4. The smallest absolute Gasteiger partial charge is 0.310 e. The van der Waals surface area contributed by atoms with Crippen LogP contribution in [0.25, 0.3) is 33.1 Å². The lowest BCUT2D eigenvalue weighted by Gasteiger charge is -2.21. The molecule has 0 saturated carbocycles. The molecule has 0 bridgehead atoms. The molecule has 8 nitrogen and oxygen atoms in total. The minimum atomic E-state index is -0.477. The first-order valence-corrected chi connectivity index (χ1v) is 12.9. The summed E-state index contributed by atoms with van der Waals surface area (Å²) >= 11 is 0. The highest BCUT2D eigenvalue weighted by Crippen LogP contribution is 2.38.